The maximum atomic E-state index is 12.0. The van der Waals surface area contributed by atoms with Crippen molar-refractivity contribution in [1.82, 2.24) is 0 Å². The van der Waals surface area contributed by atoms with Crippen molar-refractivity contribution in [2.24, 2.45) is 11.7 Å². The average molecular weight is 329 g/mol. The number of ether oxygens (including phenoxy) is 1. The van der Waals surface area contributed by atoms with E-state index in [0.29, 0.717) is 23.8 Å². The van der Waals surface area contributed by atoms with Crippen molar-refractivity contribution in [2.45, 2.75) is 33.2 Å². The van der Waals surface area contributed by atoms with Gasteiger partial charge in [0.05, 0.1) is 18.8 Å². The number of nitrogens with two attached hydrogens (primary N) is 1. The number of anilines is 1. The van der Waals surface area contributed by atoms with E-state index in [1.165, 1.54) is 0 Å². The first-order valence-electron chi connectivity index (χ1n) is 6.25. The van der Waals surface area contributed by atoms with Gasteiger partial charge in [-0.15, -0.1) is 0 Å². The second-order valence-electron chi connectivity index (χ2n) is 5.03. The van der Waals surface area contributed by atoms with E-state index >= 15 is 0 Å². The first-order valence-corrected chi connectivity index (χ1v) is 7.05. The van der Waals surface area contributed by atoms with E-state index in [1.807, 2.05) is 32.9 Å². The van der Waals surface area contributed by atoms with Gasteiger partial charge in [-0.05, 0) is 37.0 Å². The highest BCUT2D eigenvalue weighted by molar-refractivity contribution is 9.10. The Morgan fingerprint density at radius 3 is 2.63 bits per heavy atom. The normalized spacial score (nSPS) is 12.4. The molecule has 0 unspecified atom stereocenters. The van der Waals surface area contributed by atoms with Gasteiger partial charge in [-0.25, -0.2) is 0 Å². The molecule has 0 radical (unpaired) electrons. The van der Waals surface area contributed by atoms with Crippen molar-refractivity contribution in [2.75, 3.05) is 12.4 Å². The molecule has 0 aromatic heterocycles. The molecule has 19 heavy (non-hydrogen) atoms. The van der Waals surface area contributed by atoms with Crippen molar-refractivity contribution < 1.29 is 9.53 Å². The first kappa shape index (κ1) is 16.0. The van der Waals surface area contributed by atoms with E-state index in [0.717, 1.165) is 10.0 Å². The molecule has 4 nitrogen and oxygen atoms in total. The Bertz CT molecular complexity index is 461. The molecule has 1 atom stereocenters. The van der Waals surface area contributed by atoms with Crippen LogP contribution in [0.15, 0.2) is 16.6 Å². The number of aryl methyl sites for hydroxylation is 1. The van der Waals surface area contributed by atoms with E-state index in [-0.39, 0.29) is 5.91 Å². The average Bonchev–Trinajstić information content (AvgIpc) is 2.30. The standard InChI is InChI=1S/C14H21BrN2O2/c1-8(2)5-11(16)14(18)17-13-9(3)6-10(15)7-12(13)19-4/h6-8,11H,5,16H2,1-4H3,(H,17,18)/t11-/m1/s1. The second-order valence-corrected chi connectivity index (χ2v) is 5.94. The fourth-order valence-electron chi connectivity index (χ4n) is 1.86. The number of hydrogen-bond acceptors (Lipinski definition) is 3. The quantitative estimate of drug-likeness (QED) is 0.872. The smallest absolute Gasteiger partial charge is 0.241 e. The van der Waals surface area contributed by atoms with Gasteiger partial charge in [0, 0.05) is 4.47 Å². The van der Waals surface area contributed by atoms with E-state index in [4.69, 9.17) is 10.5 Å². The molecule has 0 aliphatic carbocycles. The van der Waals surface area contributed by atoms with Crippen molar-refractivity contribution in [3.05, 3.63) is 22.2 Å². The summed E-state index contributed by atoms with van der Waals surface area (Å²) in [6.45, 7) is 5.99. The molecule has 0 fully saturated rings. The van der Waals surface area contributed by atoms with Crippen LogP contribution in [0.2, 0.25) is 0 Å². The number of carbonyl (C=O) groups is 1. The minimum Gasteiger partial charge on any atom is -0.495 e. The Kier molecular flexibility index (Phi) is 5.82. The van der Waals surface area contributed by atoms with Crippen LogP contribution in [0.4, 0.5) is 5.69 Å². The maximum absolute atomic E-state index is 12.0. The molecule has 1 rings (SSSR count). The summed E-state index contributed by atoms with van der Waals surface area (Å²) in [4.78, 5) is 12.0. The van der Waals surface area contributed by atoms with Crippen LogP contribution in [0, 0.1) is 12.8 Å². The fourth-order valence-corrected chi connectivity index (χ4v) is 2.42. The lowest BCUT2D eigenvalue weighted by Gasteiger charge is -2.17. The van der Waals surface area contributed by atoms with Gasteiger partial charge in [0.2, 0.25) is 5.91 Å². The summed E-state index contributed by atoms with van der Waals surface area (Å²) in [6.07, 6.45) is 0.656. The summed E-state index contributed by atoms with van der Waals surface area (Å²) in [5, 5.41) is 2.85. The lowest BCUT2D eigenvalue weighted by Crippen LogP contribution is -2.36. The number of halogens is 1. The van der Waals surface area contributed by atoms with Crippen LogP contribution in [0.1, 0.15) is 25.8 Å². The van der Waals surface area contributed by atoms with Crippen molar-refractivity contribution in [3.8, 4) is 5.75 Å². The molecule has 1 amide bonds. The third-order valence-electron chi connectivity index (χ3n) is 2.79. The minimum atomic E-state index is -0.507. The van der Waals surface area contributed by atoms with E-state index < -0.39 is 6.04 Å². The van der Waals surface area contributed by atoms with Crippen LogP contribution in [0.3, 0.4) is 0 Å². The molecular formula is C14H21BrN2O2. The number of methoxy groups -OCH3 is 1. The Labute approximate surface area is 122 Å². The van der Waals surface area contributed by atoms with Gasteiger partial charge in [-0.2, -0.15) is 0 Å². The molecule has 3 N–H and O–H groups in total. The van der Waals surface area contributed by atoms with Crippen LogP contribution >= 0.6 is 15.9 Å². The Hall–Kier alpha value is -1.07. The largest absolute Gasteiger partial charge is 0.495 e. The van der Waals surface area contributed by atoms with E-state index in [9.17, 15) is 4.79 Å². The highest BCUT2D eigenvalue weighted by atomic mass is 79.9. The van der Waals surface area contributed by atoms with Gasteiger partial charge in [0.25, 0.3) is 0 Å². The molecule has 0 bridgehead atoms. The number of rotatable bonds is 5. The van der Waals surface area contributed by atoms with E-state index in [1.54, 1.807) is 7.11 Å². The van der Waals surface area contributed by atoms with Gasteiger partial charge in [-0.1, -0.05) is 29.8 Å². The molecule has 0 aliphatic heterocycles. The Morgan fingerprint density at radius 1 is 1.47 bits per heavy atom. The topological polar surface area (TPSA) is 64.3 Å². The molecule has 5 heteroatoms. The summed E-state index contributed by atoms with van der Waals surface area (Å²) >= 11 is 3.40. The van der Waals surface area contributed by atoms with Crippen molar-refractivity contribution in [1.29, 1.82) is 0 Å². The van der Waals surface area contributed by atoms with Crippen LogP contribution in [0.25, 0.3) is 0 Å². The third-order valence-corrected chi connectivity index (χ3v) is 3.25. The van der Waals surface area contributed by atoms with Gasteiger partial charge < -0.3 is 15.8 Å². The summed E-state index contributed by atoms with van der Waals surface area (Å²) < 4.78 is 6.19. The van der Waals surface area contributed by atoms with Crippen molar-refractivity contribution >= 4 is 27.5 Å². The Balaban J connectivity index is 2.90. The predicted octanol–water partition coefficient (Wildman–Crippen LogP) is 3.08. The number of nitrogens with one attached hydrogen (secondary N) is 1. The zero-order valence-electron chi connectivity index (χ0n) is 11.8. The Morgan fingerprint density at radius 2 is 2.11 bits per heavy atom. The van der Waals surface area contributed by atoms with Crippen LogP contribution in [-0.4, -0.2) is 19.1 Å². The summed E-state index contributed by atoms with van der Waals surface area (Å²) in [5.74, 6) is 0.822. The van der Waals surface area contributed by atoms with Gasteiger partial charge in [0.15, 0.2) is 0 Å². The molecule has 0 spiro atoms. The van der Waals surface area contributed by atoms with Crippen LogP contribution in [-0.2, 0) is 4.79 Å². The maximum Gasteiger partial charge on any atom is 0.241 e. The minimum absolute atomic E-state index is 0.183. The molecule has 0 saturated heterocycles. The molecular weight excluding hydrogens is 308 g/mol. The van der Waals surface area contributed by atoms with Crippen molar-refractivity contribution in [3.63, 3.8) is 0 Å². The highest BCUT2D eigenvalue weighted by Crippen LogP contribution is 2.32. The van der Waals surface area contributed by atoms with Crippen LogP contribution in [0.5, 0.6) is 5.75 Å². The molecule has 106 valence electrons. The number of amides is 1. The number of hydrogen-bond donors (Lipinski definition) is 2. The zero-order valence-corrected chi connectivity index (χ0v) is 13.4. The number of carbonyl (C=O) groups excluding carboxylic acids is 1. The van der Waals surface area contributed by atoms with Crippen LogP contribution < -0.4 is 15.8 Å². The molecule has 1 aromatic carbocycles. The molecule has 0 heterocycles. The van der Waals surface area contributed by atoms with Gasteiger partial charge in [0.1, 0.15) is 5.75 Å². The predicted molar refractivity (Wildman–Crippen MR) is 81.5 cm³/mol. The monoisotopic (exact) mass is 328 g/mol. The molecule has 0 saturated carbocycles. The summed E-state index contributed by atoms with van der Waals surface area (Å²) in [7, 11) is 1.57. The lowest BCUT2D eigenvalue weighted by molar-refractivity contribution is -0.117. The summed E-state index contributed by atoms with van der Waals surface area (Å²) in [5.41, 5.74) is 7.48. The second kappa shape index (κ2) is 6.91. The van der Waals surface area contributed by atoms with E-state index in [2.05, 4.69) is 21.2 Å². The fraction of sp³-hybridized carbons (Fsp3) is 0.500. The third kappa shape index (κ3) is 4.51. The SMILES string of the molecule is COc1cc(Br)cc(C)c1NC(=O)[C@H](N)CC(C)C. The number of benzene rings is 1. The van der Waals surface area contributed by atoms with Gasteiger partial charge >= 0.3 is 0 Å². The lowest BCUT2D eigenvalue weighted by atomic mass is 10.0. The van der Waals surface area contributed by atoms with Gasteiger partial charge in [-0.3, -0.25) is 4.79 Å². The first-order chi connectivity index (χ1) is 8.85. The molecule has 0 aliphatic rings. The molecule has 1 aromatic rings. The highest BCUT2D eigenvalue weighted by Gasteiger charge is 2.18. The summed E-state index contributed by atoms with van der Waals surface area (Å²) in [6, 6.07) is 3.23. The zero-order chi connectivity index (χ0) is 14.6.